The van der Waals surface area contributed by atoms with Gasteiger partial charge in [-0.2, -0.15) is 0 Å². The second-order valence-corrected chi connectivity index (χ2v) is 7.04. The summed E-state index contributed by atoms with van der Waals surface area (Å²) in [6, 6.07) is 12.3. The molecule has 0 saturated heterocycles. The fourth-order valence-electron chi connectivity index (χ4n) is 3.07. The van der Waals surface area contributed by atoms with Gasteiger partial charge >= 0.3 is 0 Å². The van der Waals surface area contributed by atoms with Crippen LogP contribution < -0.4 is 14.8 Å². The Morgan fingerprint density at radius 1 is 1.07 bits per heavy atom. The first-order valence-electron chi connectivity index (χ1n) is 9.39. The fraction of sp³-hybridized carbons (Fsp3) is 0.364. The maximum Gasteiger partial charge on any atom is 0.225 e. The zero-order valence-corrected chi connectivity index (χ0v) is 18.0. The summed E-state index contributed by atoms with van der Waals surface area (Å²) < 4.78 is 10.6. The van der Waals surface area contributed by atoms with Crippen molar-refractivity contribution < 1.29 is 19.1 Å². The number of amides is 2. The lowest BCUT2D eigenvalue weighted by atomic mass is 10.0. The standard InChI is InChI=1S/C22H27ClN2O4/c1-5-25(14-16-6-11-20(28-3)21(12-16)29-4)22(27)13-19(24-15(2)26)17-7-9-18(23)10-8-17/h6-12,19H,5,13-14H2,1-4H3,(H,24,26). The highest BCUT2D eigenvalue weighted by molar-refractivity contribution is 6.30. The smallest absolute Gasteiger partial charge is 0.225 e. The van der Waals surface area contributed by atoms with Crippen LogP contribution in [0.25, 0.3) is 0 Å². The van der Waals surface area contributed by atoms with Crippen LogP contribution in [0.15, 0.2) is 42.5 Å². The number of hydrogen-bond acceptors (Lipinski definition) is 4. The molecular weight excluding hydrogens is 392 g/mol. The largest absolute Gasteiger partial charge is 0.493 e. The van der Waals surface area contributed by atoms with E-state index in [4.69, 9.17) is 21.1 Å². The zero-order valence-electron chi connectivity index (χ0n) is 17.2. The maximum atomic E-state index is 13.0. The van der Waals surface area contributed by atoms with Crippen molar-refractivity contribution in [2.75, 3.05) is 20.8 Å². The molecule has 0 aromatic heterocycles. The lowest BCUT2D eigenvalue weighted by molar-refractivity contribution is -0.132. The Kier molecular flexibility index (Phi) is 8.34. The highest BCUT2D eigenvalue weighted by Crippen LogP contribution is 2.28. The molecule has 29 heavy (non-hydrogen) atoms. The van der Waals surface area contributed by atoms with Gasteiger partial charge in [-0.05, 0) is 42.3 Å². The second-order valence-electron chi connectivity index (χ2n) is 6.61. The van der Waals surface area contributed by atoms with E-state index in [1.54, 1.807) is 31.3 Å². The fourth-order valence-corrected chi connectivity index (χ4v) is 3.20. The molecule has 0 aliphatic carbocycles. The number of carbonyl (C=O) groups is 2. The van der Waals surface area contributed by atoms with Crippen LogP contribution in [-0.2, 0) is 16.1 Å². The number of carbonyl (C=O) groups excluding carboxylic acids is 2. The molecule has 2 aromatic rings. The number of rotatable bonds is 9. The topological polar surface area (TPSA) is 67.9 Å². The Labute approximate surface area is 176 Å². The van der Waals surface area contributed by atoms with Crippen molar-refractivity contribution in [2.24, 2.45) is 0 Å². The van der Waals surface area contributed by atoms with Gasteiger partial charge in [-0.25, -0.2) is 0 Å². The molecule has 1 N–H and O–H groups in total. The van der Waals surface area contributed by atoms with E-state index in [1.807, 2.05) is 37.3 Å². The molecule has 1 unspecified atom stereocenters. The Balaban J connectivity index is 2.15. The van der Waals surface area contributed by atoms with Crippen LogP contribution in [0.1, 0.15) is 37.4 Å². The molecule has 0 saturated carbocycles. The third kappa shape index (κ3) is 6.39. The van der Waals surface area contributed by atoms with E-state index in [1.165, 1.54) is 6.92 Å². The van der Waals surface area contributed by atoms with Crippen molar-refractivity contribution in [3.05, 3.63) is 58.6 Å². The molecule has 2 rings (SSSR count). The normalized spacial score (nSPS) is 11.5. The Bertz CT molecular complexity index is 839. The van der Waals surface area contributed by atoms with Crippen LogP contribution in [-0.4, -0.2) is 37.5 Å². The minimum atomic E-state index is -0.420. The summed E-state index contributed by atoms with van der Waals surface area (Å²) in [6.45, 7) is 4.34. The third-order valence-corrected chi connectivity index (χ3v) is 4.84. The first-order valence-corrected chi connectivity index (χ1v) is 9.77. The average molecular weight is 419 g/mol. The predicted molar refractivity (Wildman–Crippen MR) is 113 cm³/mol. The van der Waals surface area contributed by atoms with E-state index in [0.29, 0.717) is 29.6 Å². The molecule has 6 nitrogen and oxygen atoms in total. The molecule has 0 heterocycles. The van der Waals surface area contributed by atoms with Crippen molar-refractivity contribution in [2.45, 2.75) is 32.9 Å². The molecule has 0 aliphatic heterocycles. The summed E-state index contributed by atoms with van der Waals surface area (Å²) >= 11 is 5.96. The van der Waals surface area contributed by atoms with Crippen LogP contribution in [0.5, 0.6) is 11.5 Å². The molecule has 1 atom stereocenters. The molecule has 0 spiro atoms. The van der Waals surface area contributed by atoms with Crippen LogP contribution in [0.4, 0.5) is 0 Å². The second kappa shape index (κ2) is 10.7. The van der Waals surface area contributed by atoms with Crippen molar-refractivity contribution in [3.8, 4) is 11.5 Å². The van der Waals surface area contributed by atoms with Crippen molar-refractivity contribution in [1.82, 2.24) is 10.2 Å². The van der Waals surface area contributed by atoms with Gasteiger partial charge in [0.2, 0.25) is 11.8 Å². The quantitative estimate of drug-likeness (QED) is 0.669. The van der Waals surface area contributed by atoms with E-state index in [-0.39, 0.29) is 18.2 Å². The molecule has 2 aromatic carbocycles. The number of halogens is 1. The zero-order chi connectivity index (χ0) is 21.4. The lowest BCUT2D eigenvalue weighted by Crippen LogP contribution is -2.35. The summed E-state index contributed by atoms with van der Waals surface area (Å²) in [5, 5.41) is 3.46. The highest BCUT2D eigenvalue weighted by Gasteiger charge is 2.21. The van der Waals surface area contributed by atoms with Gasteiger partial charge in [0.1, 0.15) is 0 Å². The molecule has 0 aliphatic rings. The molecule has 0 bridgehead atoms. The minimum Gasteiger partial charge on any atom is -0.493 e. The molecule has 0 radical (unpaired) electrons. The number of nitrogens with zero attached hydrogens (tertiary/aromatic N) is 1. The van der Waals surface area contributed by atoms with E-state index in [0.717, 1.165) is 11.1 Å². The van der Waals surface area contributed by atoms with Gasteiger partial charge in [0.05, 0.1) is 26.7 Å². The SMILES string of the molecule is CCN(Cc1ccc(OC)c(OC)c1)C(=O)CC(NC(C)=O)c1ccc(Cl)cc1. The van der Waals surface area contributed by atoms with Gasteiger partial charge in [0.15, 0.2) is 11.5 Å². The number of ether oxygens (including phenoxy) is 2. The number of nitrogens with one attached hydrogen (secondary N) is 1. The molecule has 156 valence electrons. The molecular formula is C22H27ClN2O4. The minimum absolute atomic E-state index is 0.0593. The lowest BCUT2D eigenvalue weighted by Gasteiger charge is -2.25. The summed E-state index contributed by atoms with van der Waals surface area (Å²) in [4.78, 5) is 26.4. The van der Waals surface area contributed by atoms with Crippen LogP contribution in [0, 0.1) is 0 Å². The number of benzene rings is 2. The van der Waals surface area contributed by atoms with E-state index < -0.39 is 6.04 Å². The Morgan fingerprint density at radius 3 is 2.28 bits per heavy atom. The first kappa shape index (κ1) is 22.6. The summed E-state index contributed by atoms with van der Waals surface area (Å²) in [7, 11) is 3.16. The Morgan fingerprint density at radius 2 is 1.72 bits per heavy atom. The number of methoxy groups -OCH3 is 2. The average Bonchev–Trinajstić information content (AvgIpc) is 2.71. The molecule has 0 fully saturated rings. The molecule has 2 amide bonds. The van der Waals surface area contributed by atoms with E-state index in [9.17, 15) is 9.59 Å². The number of hydrogen-bond donors (Lipinski definition) is 1. The van der Waals surface area contributed by atoms with Crippen molar-refractivity contribution in [3.63, 3.8) is 0 Å². The Hall–Kier alpha value is -2.73. The van der Waals surface area contributed by atoms with Gasteiger partial charge < -0.3 is 19.7 Å². The summed E-state index contributed by atoms with van der Waals surface area (Å²) in [5.74, 6) is 1.00. The van der Waals surface area contributed by atoms with Gasteiger partial charge in [-0.1, -0.05) is 29.8 Å². The predicted octanol–water partition coefficient (Wildman–Crippen LogP) is 3.97. The van der Waals surface area contributed by atoms with E-state index >= 15 is 0 Å². The van der Waals surface area contributed by atoms with Gasteiger partial charge in [0, 0.05) is 25.0 Å². The summed E-state index contributed by atoms with van der Waals surface area (Å²) in [5.41, 5.74) is 1.76. The third-order valence-electron chi connectivity index (χ3n) is 4.58. The summed E-state index contributed by atoms with van der Waals surface area (Å²) in [6.07, 6.45) is 0.155. The van der Waals surface area contributed by atoms with Crippen LogP contribution in [0.2, 0.25) is 5.02 Å². The van der Waals surface area contributed by atoms with E-state index in [2.05, 4.69) is 5.32 Å². The maximum absolute atomic E-state index is 13.0. The van der Waals surface area contributed by atoms with Crippen LogP contribution >= 0.6 is 11.6 Å². The van der Waals surface area contributed by atoms with Crippen molar-refractivity contribution >= 4 is 23.4 Å². The molecule has 7 heteroatoms. The van der Waals surface area contributed by atoms with Crippen molar-refractivity contribution in [1.29, 1.82) is 0 Å². The monoisotopic (exact) mass is 418 g/mol. The van der Waals surface area contributed by atoms with Gasteiger partial charge in [-0.3, -0.25) is 9.59 Å². The van der Waals surface area contributed by atoms with Gasteiger partial charge in [-0.15, -0.1) is 0 Å². The van der Waals surface area contributed by atoms with Crippen LogP contribution in [0.3, 0.4) is 0 Å². The van der Waals surface area contributed by atoms with Gasteiger partial charge in [0.25, 0.3) is 0 Å². The highest BCUT2D eigenvalue weighted by atomic mass is 35.5. The first-order chi connectivity index (χ1) is 13.9.